The molecule has 0 spiro atoms. The molecule has 0 unspecified atom stereocenters. The zero-order valence-corrected chi connectivity index (χ0v) is 12.7. The Balaban J connectivity index is 2.28. The summed E-state index contributed by atoms with van der Waals surface area (Å²) in [5, 5.41) is 20.0. The average Bonchev–Trinajstić information content (AvgIpc) is 2.59. The smallest absolute Gasteiger partial charge is 0.276 e. The maximum absolute atomic E-state index is 11.2. The third kappa shape index (κ3) is 3.59. The predicted octanol–water partition coefficient (Wildman–Crippen LogP) is 2.15. The number of hydrogen-bond donors (Lipinski definition) is 1. The number of rotatable bonds is 6. The van der Waals surface area contributed by atoms with Crippen molar-refractivity contribution in [1.29, 1.82) is 5.26 Å². The molecule has 0 saturated heterocycles. The van der Waals surface area contributed by atoms with Gasteiger partial charge in [0.05, 0.1) is 29.2 Å². The zero-order valence-electron chi connectivity index (χ0n) is 12.7. The molecule has 2 rings (SSSR count). The van der Waals surface area contributed by atoms with Crippen molar-refractivity contribution in [3.63, 3.8) is 0 Å². The van der Waals surface area contributed by atoms with Crippen molar-refractivity contribution < 1.29 is 19.2 Å². The maximum Gasteiger partial charge on any atom is 0.276 e. The first-order valence-electron chi connectivity index (χ1n) is 6.74. The quantitative estimate of drug-likeness (QED) is 0.639. The van der Waals surface area contributed by atoms with Crippen molar-refractivity contribution in [2.75, 3.05) is 7.11 Å². The Labute approximate surface area is 137 Å². The number of nitriles is 1. The number of amides is 1. The van der Waals surface area contributed by atoms with Crippen molar-refractivity contribution >= 4 is 11.6 Å². The summed E-state index contributed by atoms with van der Waals surface area (Å²) < 4.78 is 10.7. The minimum absolute atomic E-state index is 0.0430. The van der Waals surface area contributed by atoms with Gasteiger partial charge in [-0.3, -0.25) is 14.9 Å². The number of hydrogen-bond acceptors (Lipinski definition) is 6. The van der Waals surface area contributed by atoms with Crippen molar-refractivity contribution in [3.8, 4) is 17.6 Å². The van der Waals surface area contributed by atoms with Gasteiger partial charge >= 0.3 is 0 Å². The summed E-state index contributed by atoms with van der Waals surface area (Å²) in [5.74, 6) is -0.0745. The highest BCUT2D eigenvalue weighted by molar-refractivity contribution is 5.93. The Morgan fingerprint density at radius 3 is 2.62 bits per heavy atom. The third-order valence-corrected chi connectivity index (χ3v) is 3.24. The number of nitro groups is 1. The van der Waals surface area contributed by atoms with Gasteiger partial charge in [-0.15, -0.1) is 0 Å². The first-order valence-corrected chi connectivity index (χ1v) is 6.74. The molecular formula is C16H13N3O5. The molecule has 1 amide bonds. The van der Waals surface area contributed by atoms with Gasteiger partial charge in [0.2, 0.25) is 5.91 Å². The molecule has 0 aromatic heterocycles. The summed E-state index contributed by atoms with van der Waals surface area (Å²) in [6, 6.07) is 10.5. The van der Waals surface area contributed by atoms with Gasteiger partial charge in [-0.05, 0) is 24.3 Å². The van der Waals surface area contributed by atoms with Crippen molar-refractivity contribution in [1.82, 2.24) is 0 Å². The fourth-order valence-electron chi connectivity index (χ4n) is 2.02. The van der Waals surface area contributed by atoms with Crippen LogP contribution in [0.1, 0.15) is 21.5 Å². The van der Waals surface area contributed by atoms with E-state index in [9.17, 15) is 14.9 Å². The van der Waals surface area contributed by atoms with E-state index in [1.165, 1.54) is 25.3 Å². The number of benzene rings is 2. The topological polar surface area (TPSA) is 128 Å². The largest absolute Gasteiger partial charge is 0.493 e. The molecule has 0 bridgehead atoms. The predicted molar refractivity (Wildman–Crippen MR) is 83.7 cm³/mol. The van der Waals surface area contributed by atoms with E-state index >= 15 is 0 Å². The fourth-order valence-corrected chi connectivity index (χ4v) is 2.02. The molecule has 0 saturated carbocycles. The van der Waals surface area contributed by atoms with Crippen LogP contribution in [0.5, 0.6) is 11.5 Å². The van der Waals surface area contributed by atoms with Gasteiger partial charge < -0.3 is 15.2 Å². The van der Waals surface area contributed by atoms with Crippen LogP contribution >= 0.6 is 0 Å². The summed E-state index contributed by atoms with van der Waals surface area (Å²) in [5.41, 5.74) is 5.58. The monoisotopic (exact) mass is 327 g/mol. The third-order valence-electron chi connectivity index (χ3n) is 3.24. The van der Waals surface area contributed by atoms with Crippen molar-refractivity contribution in [2.24, 2.45) is 5.73 Å². The van der Waals surface area contributed by atoms with E-state index < -0.39 is 10.8 Å². The molecule has 2 aromatic rings. The first-order chi connectivity index (χ1) is 11.5. The summed E-state index contributed by atoms with van der Waals surface area (Å²) >= 11 is 0. The van der Waals surface area contributed by atoms with Crippen LogP contribution in [-0.2, 0) is 6.61 Å². The lowest BCUT2D eigenvalue weighted by molar-refractivity contribution is -0.385. The van der Waals surface area contributed by atoms with Crippen LogP contribution in [0.25, 0.3) is 0 Å². The molecule has 8 heteroatoms. The average molecular weight is 327 g/mol. The van der Waals surface area contributed by atoms with Gasteiger partial charge in [-0.25, -0.2) is 0 Å². The molecule has 0 radical (unpaired) electrons. The van der Waals surface area contributed by atoms with E-state index in [0.717, 1.165) is 6.07 Å². The van der Waals surface area contributed by atoms with Crippen LogP contribution in [-0.4, -0.2) is 17.9 Å². The van der Waals surface area contributed by atoms with E-state index in [2.05, 4.69) is 0 Å². The van der Waals surface area contributed by atoms with E-state index in [4.69, 9.17) is 20.5 Å². The van der Waals surface area contributed by atoms with E-state index in [0.29, 0.717) is 17.1 Å². The molecule has 0 aliphatic heterocycles. The molecule has 8 nitrogen and oxygen atoms in total. The Kier molecular flexibility index (Phi) is 4.96. The molecule has 0 fully saturated rings. The second-order valence-electron chi connectivity index (χ2n) is 4.73. The normalized spacial score (nSPS) is 9.83. The molecule has 0 heterocycles. The molecule has 0 atom stereocenters. The second kappa shape index (κ2) is 7.11. The Morgan fingerprint density at radius 2 is 2.04 bits per heavy atom. The van der Waals surface area contributed by atoms with Crippen molar-refractivity contribution in [3.05, 3.63) is 63.2 Å². The van der Waals surface area contributed by atoms with Gasteiger partial charge in [0.15, 0.2) is 11.5 Å². The molecule has 122 valence electrons. The van der Waals surface area contributed by atoms with Gasteiger partial charge in [0, 0.05) is 17.7 Å². The highest BCUT2D eigenvalue weighted by atomic mass is 16.6. The van der Waals surface area contributed by atoms with Crippen LogP contribution in [0.3, 0.4) is 0 Å². The van der Waals surface area contributed by atoms with E-state index in [-0.39, 0.29) is 23.4 Å². The Bertz CT molecular complexity index is 842. The van der Waals surface area contributed by atoms with Crippen molar-refractivity contribution in [2.45, 2.75) is 6.61 Å². The van der Waals surface area contributed by atoms with Crippen LogP contribution in [0, 0.1) is 21.4 Å². The minimum Gasteiger partial charge on any atom is -0.493 e. The Hall–Kier alpha value is -3.60. The van der Waals surface area contributed by atoms with Crippen LogP contribution < -0.4 is 15.2 Å². The highest BCUT2D eigenvalue weighted by Crippen LogP contribution is 2.30. The number of ether oxygens (including phenoxy) is 2. The van der Waals surface area contributed by atoms with E-state index in [1.54, 1.807) is 12.1 Å². The van der Waals surface area contributed by atoms with Gasteiger partial charge in [0.1, 0.15) is 6.61 Å². The summed E-state index contributed by atoms with van der Waals surface area (Å²) in [7, 11) is 1.42. The standard InChI is InChI=1S/C16H13N3O5/c1-23-15-6-10(8-17)2-5-14(15)24-9-12-4-3-11(16(18)20)7-13(12)19(21)22/h2-7H,9H2,1H3,(H2,18,20). The minimum atomic E-state index is -0.751. The van der Waals surface area contributed by atoms with Gasteiger partial charge in [-0.1, -0.05) is 0 Å². The number of methoxy groups -OCH3 is 1. The number of carbonyl (C=O) groups is 1. The highest BCUT2D eigenvalue weighted by Gasteiger charge is 2.17. The molecule has 0 aliphatic rings. The summed E-state index contributed by atoms with van der Waals surface area (Å²) in [4.78, 5) is 21.7. The zero-order chi connectivity index (χ0) is 17.7. The second-order valence-corrected chi connectivity index (χ2v) is 4.73. The van der Waals surface area contributed by atoms with Crippen LogP contribution in [0.15, 0.2) is 36.4 Å². The SMILES string of the molecule is COc1cc(C#N)ccc1OCc1ccc(C(N)=O)cc1[N+](=O)[O-]. The number of nitro benzene ring substituents is 1. The van der Waals surface area contributed by atoms with Crippen LogP contribution in [0.4, 0.5) is 5.69 Å². The molecule has 2 aromatic carbocycles. The van der Waals surface area contributed by atoms with Gasteiger partial charge in [0.25, 0.3) is 5.69 Å². The number of primary amides is 1. The fraction of sp³-hybridized carbons (Fsp3) is 0.125. The number of nitrogens with two attached hydrogens (primary N) is 1. The number of carbonyl (C=O) groups excluding carboxylic acids is 1. The lowest BCUT2D eigenvalue weighted by Crippen LogP contribution is -2.12. The Morgan fingerprint density at radius 1 is 1.29 bits per heavy atom. The lowest BCUT2D eigenvalue weighted by Gasteiger charge is -2.11. The molecule has 0 aliphatic carbocycles. The van der Waals surface area contributed by atoms with Crippen LogP contribution in [0.2, 0.25) is 0 Å². The number of nitrogens with zero attached hydrogens (tertiary/aromatic N) is 2. The lowest BCUT2D eigenvalue weighted by atomic mass is 10.1. The first kappa shape index (κ1) is 16.8. The maximum atomic E-state index is 11.2. The summed E-state index contributed by atoms with van der Waals surface area (Å²) in [6.45, 7) is -0.113. The summed E-state index contributed by atoms with van der Waals surface area (Å²) in [6.07, 6.45) is 0. The molecule has 2 N–H and O–H groups in total. The molecular weight excluding hydrogens is 314 g/mol. The van der Waals surface area contributed by atoms with Gasteiger partial charge in [-0.2, -0.15) is 5.26 Å². The molecule has 24 heavy (non-hydrogen) atoms. The van der Waals surface area contributed by atoms with E-state index in [1.807, 2.05) is 6.07 Å².